The topological polar surface area (TPSA) is 93.7 Å². The molecular weight excluding hydrogens is 308 g/mol. The van der Waals surface area contributed by atoms with Crippen LogP contribution in [0.5, 0.6) is 0 Å². The van der Waals surface area contributed by atoms with Gasteiger partial charge in [0.1, 0.15) is 0 Å². The third-order valence-corrected chi connectivity index (χ3v) is 4.64. The largest absolute Gasteiger partial charge is 0.481 e. The lowest BCUT2D eigenvalue weighted by molar-refractivity contribution is -0.138. The SMILES string of the molecule is O=C(O)C[C@@H]1CN(C(=O)/C=C/c2ccccc2)C[C@@H]1C1CNNN1. The van der Waals surface area contributed by atoms with Crippen molar-refractivity contribution in [2.75, 3.05) is 19.6 Å². The molecule has 24 heavy (non-hydrogen) atoms. The Hall–Kier alpha value is -2.22. The third-order valence-electron chi connectivity index (χ3n) is 4.64. The van der Waals surface area contributed by atoms with E-state index in [0.717, 1.165) is 5.56 Å². The van der Waals surface area contributed by atoms with Crippen molar-refractivity contribution in [3.63, 3.8) is 0 Å². The number of carboxylic acid groups (broad SMARTS) is 1. The lowest BCUT2D eigenvalue weighted by Gasteiger charge is -2.21. The number of likely N-dealkylation sites (tertiary alicyclic amines) is 1. The van der Waals surface area contributed by atoms with Gasteiger partial charge in [0, 0.05) is 31.8 Å². The summed E-state index contributed by atoms with van der Waals surface area (Å²) in [5.41, 5.74) is 9.91. The molecule has 0 saturated carbocycles. The Morgan fingerprint density at radius 1 is 1.25 bits per heavy atom. The Morgan fingerprint density at radius 3 is 2.71 bits per heavy atom. The highest BCUT2D eigenvalue weighted by Crippen LogP contribution is 2.29. The number of nitrogens with one attached hydrogen (secondary N) is 3. The van der Waals surface area contributed by atoms with Crippen LogP contribution >= 0.6 is 0 Å². The molecule has 7 heteroatoms. The maximum atomic E-state index is 12.5. The molecule has 1 unspecified atom stereocenters. The molecule has 2 heterocycles. The minimum absolute atomic E-state index is 0.0456. The first kappa shape index (κ1) is 16.6. The Morgan fingerprint density at radius 2 is 2.04 bits per heavy atom. The quantitative estimate of drug-likeness (QED) is 0.578. The molecule has 4 N–H and O–H groups in total. The minimum Gasteiger partial charge on any atom is -0.481 e. The predicted molar refractivity (Wildman–Crippen MR) is 89.4 cm³/mol. The molecule has 7 nitrogen and oxygen atoms in total. The molecule has 0 radical (unpaired) electrons. The molecule has 0 bridgehead atoms. The molecule has 3 rings (SSSR count). The molecule has 2 saturated heterocycles. The van der Waals surface area contributed by atoms with Crippen LogP contribution < -0.4 is 16.4 Å². The summed E-state index contributed by atoms with van der Waals surface area (Å²) in [5, 5.41) is 9.14. The number of hydrogen-bond acceptors (Lipinski definition) is 5. The van der Waals surface area contributed by atoms with Crippen molar-refractivity contribution < 1.29 is 14.7 Å². The maximum Gasteiger partial charge on any atom is 0.303 e. The van der Waals surface area contributed by atoms with Gasteiger partial charge in [0.25, 0.3) is 0 Å². The standard InChI is InChI=1S/C17H22N4O3/c22-16(7-6-12-4-2-1-3-5-12)21-10-13(8-17(23)24)14(11-21)15-9-18-20-19-15/h1-7,13-15,18-20H,8-11H2,(H,23,24)/b7-6+/t13-,14+,15?/m1/s1. The van der Waals surface area contributed by atoms with Crippen molar-refractivity contribution in [1.29, 1.82) is 0 Å². The molecule has 1 aromatic rings. The first-order valence-corrected chi connectivity index (χ1v) is 8.10. The number of nitrogens with zero attached hydrogens (tertiary/aromatic N) is 1. The average molecular weight is 330 g/mol. The Balaban J connectivity index is 1.66. The van der Waals surface area contributed by atoms with Crippen LogP contribution in [0.1, 0.15) is 12.0 Å². The van der Waals surface area contributed by atoms with Gasteiger partial charge < -0.3 is 10.0 Å². The number of benzene rings is 1. The summed E-state index contributed by atoms with van der Waals surface area (Å²) in [7, 11) is 0. The van der Waals surface area contributed by atoms with E-state index in [2.05, 4.69) is 16.4 Å². The zero-order valence-electron chi connectivity index (χ0n) is 13.3. The van der Waals surface area contributed by atoms with Crippen molar-refractivity contribution in [2.24, 2.45) is 11.8 Å². The highest BCUT2D eigenvalue weighted by molar-refractivity contribution is 5.92. The summed E-state index contributed by atoms with van der Waals surface area (Å²) in [4.78, 5) is 25.3. The van der Waals surface area contributed by atoms with Gasteiger partial charge in [0.15, 0.2) is 0 Å². The minimum atomic E-state index is -0.821. The number of carboxylic acids is 1. The zero-order valence-corrected chi connectivity index (χ0v) is 13.3. The van der Waals surface area contributed by atoms with Crippen molar-refractivity contribution in [1.82, 2.24) is 21.3 Å². The van der Waals surface area contributed by atoms with E-state index in [1.165, 1.54) is 0 Å². The summed E-state index contributed by atoms with van der Waals surface area (Å²) < 4.78 is 0. The second-order valence-corrected chi connectivity index (χ2v) is 6.27. The Kier molecular flexibility index (Phi) is 5.24. The van der Waals surface area contributed by atoms with Crippen LogP contribution in [0.3, 0.4) is 0 Å². The van der Waals surface area contributed by atoms with Crippen LogP contribution in [-0.4, -0.2) is 47.6 Å². The van der Waals surface area contributed by atoms with Crippen LogP contribution in [0.25, 0.3) is 6.08 Å². The molecule has 2 aliphatic heterocycles. The number of hydrazine groups is 2. The van der Waals surface area contributed by atoms with Crippen LogP contribution in [0, 0.1) is 11.8 Å². The van der Waals surface area contributed by atoms with Gasteiger partial charge in [-0.25, -0.2) is 10.9 Å². The first-order chi connectivity index (χ1) is 11.6. The fraction of sp³-hybridized carbons (Fsp3) is 0.412. The van der Waals surface area contributed by atoms with E-state index >= 15 is 0 Å². The molecule has 128 valence electrons. The smallest absolute Gasteiger partial charge is 0.303 e. The first-order valence-electron chi connectivity index (χ1n) is 8.10. The van der Waals surface area contributed by atoms with Gasteiger partial charge in [-0.2, -0.15) is 5.53 Å². The summed E-state index contributed by atoms with van der Waals surface area (Å²) in [5.74, 6) is -0.831. The summed E-state index contributed by atoms with van der Waals surface area (Å²) >= 11 is 0. The molecule has 2 aliphatic rings. The number of carbonyl (C=O) groups is 2. The zero-order chi connectivity index (χ0) is 16.9. The fourth-order valence-corrected chi connectivity index (χ4v) is 3.42. The van der Waals surface area contributed by atoms with Gasteiger partial charge in [-0.15, -0.1) is 0 Å². The van der Waals surface area contributed by atoms with Crippen LogP contribution in [0.4, 0.5) is 0 Å². The molecule has 3 atom stereocenters. The lowest BCUT2D eigenvalue weighted by Crippen LogP contribution is -2.41. The van der Waals surface area contributed by atoms with Crippen LogP contribution in [-0.2, 0) is 9.59 Å². The maximum absolute atomic E-state index is 12.5. The normalized spacial score (nSPS) is 27.0. The lowest BCUT2D eigenvalue weighted by atomic mass is 9.87. The van der Waals surface area contributed by atoms with Gasteiger partial charge in [-0.05, 0) is 23.5 Å². The summed E-state index contributed by atoms with van der Waals surface area (Å²) in [6.07, 6.45) is 3.43. The molecule has 0 aromatic heterocycles. The van der Waals surface area contributed by atoms with E-state index in [1.54, 1.807) is 17.1 Å². The van der Waals surface area contributed by atoms with Crippen molar-refractivity contribution in [3.8, 4) is 0 Å². The molecular formula is C17H22N4O3. The van der Waals surface area contributed by atoms with E-state index < -0.39 is 5.97 Å². The van der Waals surface area contributed by atoms with Crippen molar-refractivity contribution >= 4 is 18.0 Å². The van der Waals surface area contributed by atoms with E-state index in [9.17, 15) is 9.59 Å². The van der Waals surface area contributed by atoms with E-state index in [1.807, 2.05) is 30.3 Å². The Labute approximate surface area is 140 Å². The van der Waals surface area contributed by atoms with Crippen LogP contribution in [0.2, 0.25) is 0 Å². The Bertz CT molecular complexity index is 614. The monoisotopic (exact) mass is 330 g/mol. The van der Waals surface area contributed by atoms with E-state index in [4.69, 9.17) is 5.11 Å². The molecule has 0 spiro atoms. The van der Waals surface area contributed by atoms with Gasteiger partial charge >= 0.3 is 5.97 Å². The van der Waals surface area contributed by atoms with Crippen molar-refractivity contribution in [3.05, 3.63) is 42.0 Å². The van der Waals surface area contributed by atoms with E-state index in [-0.39, 0.29) is 30.2 Å². The third kappa shape index (κ3) is 4.00. The highest BCUT2D eigenvalue weighted by Gasteiger charge is 2.41. The van der Waals surface area contributed by atoms with Gasteiger partial charge in [-0.1, -0.05) is 30.3 Å². The number of carbonyl (C=O) groups excluding carboxylic acids is 1. The number of aliphatic carboxylic acids is 1. The second kappa shape index (κ2) is 7.57. The average Bonchev–Trinajstić information content (AvgIpc) is 3.22. The van der Waals surface area contributed by atoms with Gasteiger partial charge in [0.05, 0.1) is 6.42 Å². The number of amides is 1. The predicted octanol–water partition coefficient (Wildman–Crippen LogP) is 0.230. The summed E-state index contributed by atoms with van der Waals surface area (Å²) in [6, 6.07) is 9.75. The molecule has 0 aliphatic carbocycles. The molecule has 1 aromatic carbocycles. The van der Waals surface area contributed by atoms with Gasteiger partial charge in [0.2, 0.25) is 5.91 Å². The second-order valence-electron chi connectivity index (χ2n) is 6.27. The fourth-order valence-electron chi connectivity index (χ4n) is 3.42. The summed E-state index contributed by atoms with van der Waals surface area (Å²) in [6.45, 7) is 1.76. The van der Waals surface area contributed by atoms with Crippen molar-refractivity contribution in [2.45, 2.75) is 12.5 Å². The molecule has 2 fully saturated rings. The number of rotatable bonds is 5. The van der Waals surface area contributed by atoms with Crippen LogP contribution in [0.15, 0.2) is 36.4 Å². The van der Waals surface area contributed by atoms with E-state index in [0.29, 0.717) is 19.6 Å². The molecule has 1 amide bonds. The highest BCUT2D eigenvalue weighted by atomic mass is 16.4. The van der Waals surface area contributed by atoms with Gasteiger partial charge in [-0.3, -0.25) is 9.59 Å². The number of hydrogen-bond donors (Lipinski definition) is 4.